The summed E-state index contributed by atoms with van der Waals surface area (Å²) < 4.78 is 33.4. The van der Waals surface area contributed by atoms with Crippen LogP contribution in [0.3, 0.4) is 0 Å². The first-order chi connectivity index (χ1) is 18.7. The number of sulfonamides is 1. The summed E-state index contributed by atoms with van der Waals surface area (Å²) in [6.45, 7) is 8.30. The van der Waals surface area contributed by atoms with Gasteiger partial charge in [-0.05, 0) is 55.7 Å². The van der Waals surface area contributed by atoms with Gasteiger partial charge in [0.2, 0.25) is 15.9 Å². The van der Waals surface area contributed by atoms with E-state index >= 15 is 0 Å². The fourth-order valence-corrected chi connectivity index (χ4v) is 5.82. The van der Waals surface area contributed by atoms with Crippen molar-refractivity contribution in [2.75, 3.05) is 51.3 Å². The monoisotopic (exact) mass is 551 g/mol. The van der Waals surface area contributed by atoms with Gasteiger partial charge in [0.1, 0.15) is 5.75 Å². The zero-order chi connectivity index (χ0) is 28.0. The van der Waals surface area contributed by atoms with Gasteiger partial charge in [0.15, 0.2) is 5.82 Å². The molecule has 10 heteroatoms. The Balaban J connectivity index is 1.38. The maximum atomic E-state index is 13.4. The molecule has 1 amide bonds. The van der Waals surface area contributed by atoms with E-state index in [1.165, 1.54) is 4.31 Å². The summed E-state index contributed by atoms with van der Waals surface area (Å²) in [5, 5.41) is 8.80. The number of carbonyl (C=O) groups excluding carboxylic acids is 1. The number of nitrogens with zero attached hydrogens (tertiary/aromatic N) is 5. The number of rotatable bonds is 10. The maximum Gasteiger partial charge on any atom is 0.243 e. The third-order valence-electron chi connectivity index (χ3n) is 6.90. The minimum absolute atomic E-state index is 0.169. The van der Waals surface area contributed by atoms with Crippen LogP contribution in [0.4, 0.5) is 5.82 Å². The number of anilines is 1. The van der Waals surface area contributed by atoms with Crippen molar-refractivity contribution >= 4 is 21.7 Å². The SMILES string of the molecule is COc1cccc(-c2ccc(N3CCN(C(=O)CN(CCC(C)C)S(=O)(=O)c4ccc(C)cc4)CC3)nn2)c1. The Morgan fingerprint density at radius 2 is 1.72 bits per heavy atom. The zero-order valence-electron chi connectivity index (χ0n) is 23.1. The fraction of sp³-hybridized carbons (Fsp3) is 0.414. The van der Waals surface area contributed by atoms with Gasteiger partial charge in [0, 0.05) is 38.3 Å². The predicted molar refractivity (Wildman–Crippen MR) is 152 cm³/mol. The van der Waals surface area contributed by atoms with E-state index in [1.54, 1.807) is 36.3 Å². The summed E-state index contributed by atoms with van der Waals surface area (Å²) in [6, 6.07) is 18.3. The molecule has 1 fully saturated rings. The van der Waals surface area contributed by atoms with Crippen molar-refractivity contribution in [3.05, 3.63) is 66.2 Å². The second kappa shape index (κ2) is 12.6. The molecule has 0 N–H and O–H groups in total. The standard InChI is InChI=1S/C29H37N5O4S/c1-22(2)14-15-34(39(36,37)26-10-8-23(3)9-11-26)21-29(35)33-18-16-32(17-19-33)28-13-12-27(30-31-28)24-6-5-7-25(20-24)38-4/h5-13,20,22H,14-19,21H2,1-4H3. The lowest BCUT2D eigenvalue weighted by molar-refractivity contribution is -0.131. The second-order valence-corrected chi connectivity index (χ2v) is 12.1. The number of carbonyl (C=O) groups is 1. The molecule has 1 aliphatic heterocycles. The molecule has 208 valence electrons. The molecule has 3 aromatic rings. The van der Waals surface area contributed by atoms with Gasteiger partial charge < -0.3 is 14.5 Å². The van der Waals surface area contributed by atoms with Crippen LogP contribution in [0.15, 0.2) is 65.6 Å². The predicted octanol–water partition coefficient (Wildman–Crippen LogP) is 3.85. The highest BCUT2D eigenvalue weighted by molar-refractivity contribution is 7.89. The molecule has 0 saturated carbocycles. The van der Waals surface area contributed by atoms with Crippen molar-refractivity contribution in [1.82, 2.24) is 19.4 Å². The maximum absolute atomic E-state index is 13.4. The number of ether oxygens (including phenoxy) is 1. The summed E-state index contributed by atoms with van der Waals surface area (Å²) >= 11 is 0. The number of methoxy groups -OCH3 is 1. The number of amides is 1. The summed E-state index contributed by atoms with van der Waals surface area (Å²) in [6.07, 6.45) is 0.677. The van der Waals surface area contributed by atoms with Crippen LogP contribution in [0.25, 0.3) is 11.3 Å². The Kier molecular flexibility index (Phi) is 9.19. The fourth-order valence-electron chi connectivity index (χ4n) is 4.41. The van der Waals surface area contributed by atoms with Crippen molar-refractivity contribution in [2.45, 2.75) is 32.1 Å². The molecule has 1 aromatic heterocycles. The first-order valence-electron chi connectivity index (χ1n) is 13.2. The van der Waals surface area contributed by atoms with Crippen LogP contribution in [0.1, 0.15) is 25.8 Å². The highest BCUT2D eigenvalue weighted by atomic mass is 32.2. The van der Waals surface area contributed by atoms with Crippen molar-refractivity contribution in [1.29, 1.82) is 0 Å². The summed E-state index contributed by atoms with van der Waals surface area (Å²) in [7, 11) is -2.15. The summed E-state index contributed by atoms with van der Waals surface area (Å²) in [4.78, 5) is 17.3. The molecule has 0 radical (unpaired) electrons. The van der Waals surface area contributed by atoms with Crippen LogP contribution in [0.5, 0.6) is 5.75 Å². The minimum atomic E-state index is -3.78. The molecule has 2 heterocycles. The van der Waals surface area contributed by atoms with E-state index in [-0.39, 0.29) is 17.3 Å². The van der Waals surface area contributed by atoms with Crippen LogP contribution < -0.4 is 9.64 Å². The van der Waals surface area contributed by atoms with E-state index in [0.717, 1.165) is 28.4 Å². The first kappa shape index (κ1) is 28.5. The van der Waals surface area contributed by atoms with E-state index < -0.39 is 10.0 Å². The molecule has 9 nitrogen and oxygen atoms in total. The van der Waals surface area contributed by atoms with E-state index in [0.29, 0.717) is 45.1 Å². The van der Waals surface area contributed by atoms with Gasteiger partial charge in [-0.3, -0.25) is 4.79 Å². The molecule has 0 spiro atoms. The van der Waals surface area contributed by atoms with Gasteiger partial charge >= 0.3 is 0 Å². The number of hydrogen-bond acceptors (Lipinski definition) is 7. The van der Waals surface area contributed by atoms with Crippen LogP contribution >= 0.6 is 0 Å². The number of hydrogen-bond donors (Lipinski definition) is 0. The van der Waals surface area contributed by atoms with Crippen molar-refractivity contribution in [3.8, 4) is 17.0 Å². The number of aryl methyl sites for hydroxylation is 1. The lowest BCUT2D eigenvalue weighted by atomic mass is 10.1. The van der Waals surface area contributed by atoms with Gasteiger partial charge in [-0.15, -0.1) is 10.2 Å². The highest BCUT2D eigenvalue weighted by Gasteiger charge is 2.30. The molecule has 2 aromatic carbocycles. The van der Waals surface area contributed by atoms with Crippen LogP contribution in [0, 0.1) is 12.8 Å². The van der Waals surface area contributed by atoms with Gasteiger partial charge in [0.05, 0.1) is 24.2 Å². The lowest BCUT2D eigenvalue weighted by Gasteiger charge is -2.36. The number of benzene rings is 2. The van der Waals surface area contributed by atoms with Crippen LogP contribution in [0.2, 0.25) is 0 Å². The molecule has 1 aliphatic rings. The molecule has 0 bridgehead atoms. The molecule has 4 rings (SSSR count). The van der Waals surface area contributed by atoms with Gasteiger partial charge in [-0.25, -0.2) is 8.42 Å². The summed E-state index contributed by atoms with van der Waals surface area (Å²) in [5.74, 6) is 1.63. The Morgan fingerprint density at radius 1 is 1.00 bits per heavy atom. The van der Waals surface area contributed by atoms with E-state index in [1.807, 2.05) is 57.2 Å². The van der Waals surface area contributed by atoms with Gasteiger partial charge in [-0.2, -0.15) is 4.31 Å². The first-order valence-corrected chi connectivity index (χ1v) is 14.7. The van der Waals surface area contributed by atoms with E-state index in [4.69, 9.17) is 4.74 Å². The molecule has 0 aliphatic carbocycles. The quantitative estimate of drug-likeness (QED) is 0.378. The molecule has 0 unspecified atom stereocenters. The molecular weight excluding hydrogens is 514 g/mol. The average Bonchev–Trinajstić information content (AvgIpc) is 2.95. The Labute approximate surface area is 231 Å². The number of aromatic nitrogens is 2. The topological polar surface area (TPSA) is 95.9 Å². The van der Waals surface area contributed by atoms with Crippen molar-refractivity contribution < 1.29 is 17.9 Å². The van der Waals surface area contributed by atoms with E-state index in [9.17, 15) is 13.2 Å². The highest BCUT2D eigenvalue weighted by Crippen LogP contribution is 2.23. The van der Waals surface area contributed by atoms with Gasteiger partial charge in [-0.1, -0.05) is 43.7 Å². The molecule has 39 heavy (non-hydrogen) atoms. The normalized spacial score (nSPS) is 14.2. The molecular formula is C29H37N5O4S. The molecule has 0 atom stereocenters. The lowest BCUT2D eigenvalue weighted by Crippen LogP contribution is -2.52. The Bertz CT molecular complexity index is 1350. The average molecular weight is 552 g/mol. The largest absolute Gasteiger partial charge is 0.497 e. The minimum Gasteiger partial charge on any atom is -0.497 e. The van der Waals surface area contributed by atoms with Crippen molar-refractivity contribution in [3.63, 3.8) is 0 Å². The smallest absolute Gasteiger partial charge is 0.243 e. The zero-order valence-corrected chi connectivity index (χ0v) is 23.9. The van der Waals surface area contributed by atoms with Crippen molar-refractivity contribution in [2.24, 2.45) is 5.92 Å². The summed E-state index contributed by atoms with van der Waals surface area (Å²) in [5.41, 5.74) is 2.66. The van der Waals surface area contributed by atoms with Crippen LogP contribution in [-0.4, -0.2) is 80.1 Å². The van der Waals surface area contributed by atoms with Gasteiger partial charge in [0.25, 0.3) is 0 Å². The Hall–Kier alpha value is -3.50. The Morgan fingerprint density at radius 3 is 2.33 bits per heavy atom. The van der Waals surface area contributed by atoms with Crippen LogP contribution in [-0.2, 0) is 14.8 Å². The van der Waals surface area contributed by atoms with E-state index in [2.05, 4.69) is 15.1 Å². The third kappa shape index (κ3) is 7.13. The number of piperazine rings is 1. The second-order valence-electron chi connectivity index (χ2n) is 10.2. The third-order valence-corrected chi connectivity index (χ3v) is 8.76. The molecule has 1 saturated heterocycles.